The Balaban J connectivity index is 2.40. The van der Waals surface area contributed by atoms with Crippen molar-refractivity contribution in [1.82, 2.24) is 5.32 Å². The zero-order valence-electron chi connectivity index (χ0n) is 11.2. The van der Waals surface area contributed by atoms with E-state index in [0.717, 1.165) is 25.8 Å². The Bertz CT molecular complexity index is 233. The largest absolute Gasteiger partial charge is 0.441 e. The first-order valence-corrected chi connectivity index (χ1v) is 7.88. The Morgan fingerprint density at radius 1 is 1.22 bits per heavy atom. The number of hydrogen-bond acceptors (Lipinski definition) is 2. The van der Waals surface area contributed by atoms with Crippen molar-refractivity contribution in [1.29, 1.82) is 0 Å². The third-order valence-corrected chi connectivity index (χ3v) is 4.66. The summed E-state index contributed by atoms with van der Waals surface area (Å²) in [5.74, 6) is 1.33. The summed E-state index contributed by atoms with van der Waals surface area (Å²) in [7, 11) is 0. The van der Waals surface area contributed by atoms with Gasteiger partial charge in [0.25, 0.3) is 0 Å². The van der Waals surface area contributed by atoms with E-state index in [0.29, 0.717) is 24.3 Å². The average Bonchev–Trinajstić information content (AvgIpc) is 2.30. The molecular formula is C13H24F3NS. The van der Waals surface area contributed by atoms with Crippen LogP contribution in [0, 0.1) is 11.8 Å². The van der Waals surface area contributed by atoms with Crippen molar-refractivity contribution < 1.29 is 13.2 Å². The molecule has 0 bridgehead atoms. The van der Waals surface area contributed by atoms with E-state index >= 15 is 0 Å². The molecule has 1 saturated carbocycles. The molecule has 1 aliphatic rings. The Labute approximate surface area is 112 Å². The molecule has 1 aliphatic carbocycles. The predicted molar refractivity (Wildman–Crippen MR) is 71.7 cm³/mol. The van der Waals surface area contributed by atoms with E-state index < -0.39 is 5.51 Å². The van der Waals surface area contributed by atoms with E-state index in [9.17, 15) is 13.2 Å². The highest BCUT2D eigenvalue weighted by Crippen LogP contribution is 2.36. The van der Waals surface area contributed by atoms with Gasteiger partial charge in [-0.25, -0.2) is 0 Å². The summed E-state index contributed by atoms with van der Waals surface area (Å²) >= 11 is 0.128. The van der Waals surface area contributed by atoms with E-state index in [1.54, 1.807) is 0 Å². The molecule has 1 fully saturated rings. The average molecular weight is 283 g/mol. The van der Waals surface area contributed by atoms with Crippen molar-refractivity contribution >= 4 is 11.8 Å². The Morgan fingerprint density at radius 2 is 1.94 bits per heavy atom. The lowest BCUT2D eigenvalue weighted by molar-refractivity contribution is -0.0328. The molecule has 0 heterocycles. The molecule has 3 unspecified atom stereocenters. The second-order valence-corrected chi connectivity index (χ2v) is 6.25. The first kappa shape index (κ1) is 16.2. The summed E-state index contributed by atoms with van der Waals surface area (Å²) in [5.41, 5.74) is -4.08. The maximum Gasteiger partial charge on any atom is 0.441 e. The van der Waals surface area contributed by atoms with Crippen molar-refractivity contribution in [2.24, 2.45) is 11.8 Å². The lowest BCUT2D eigenvalue weighted by Gasteiger charge is -2.36. The normalized spacial score (nSPS) is 29.5. The molecule has 18 heavy (non-hydrogen) atoms. The number of nitrogens with one attached hydrogen (secondary N) is 1. The van der Waals surface area contributed by atoms with Crippen LogP contribution in [0.15, 0.2) is 0 Å². The van der Waals surface area contributed by atoms with Crippen LogP contribution in [0.2, 0.25) is 0 Å². The lowest BCUT2D eigenvalue weighted by atomic mass is 9.76. The standard InChI is InChI=1S/C13H24F3NS/c1-3-10-5-6-12(17-4-2)11(9-10)7-8-18-13(14,15)16/h10-12,17H,3-9H2,1-2H3. The molecule has 0 saturated heterocycles. The van der Waals surface area contributed by atoms with E-state index in [4.69, 9.17) is 0 Å². The second kappa shape index (κ2) is 7.63. The zero-order valence-corrected chi connectivity index (χ0v) is 12.0. The van der Waals surface area contributed by atoms with Gasteiger partial charge in [0.1, 0.15) is 0 Å². The first-order valence-electron chi connectivity index (χ1n) is 6.90. The van der Waals surface area contributed by atoms with Gasteiger partial charge < -0.3 is 5.32 Å². The smallest absolute Gasteiger partial charge is 0.314 e. The van der Waals surface area contributed by atoms with Gasteiger partial charge in [0.05, 0.1) is 0 Å². The van der Waals surface area contributed by atoms with Gasteiger partial charge in [0.15, 0.2) is 0 Å². The van der Waals surface area contributed by atoms with Crippen molar-refractivity contribution in [3.05, 3.63) is 0 Å². The molecule has 108 valence electrons. The van der Waals surface area contributed by atoms with E-state index in [1.807, 2.05) is 0 Å². The highest BCUT2D eigenvalue weighted by molar-refractivity contribution is 8.00. The van der Waals surface area contributed by atoms with Gasteiger partial charge in [-0.1, -0.05) is 32.0 Å². The summed E-state index contributed by atoms with van der Waals surface area (Å²) < 4.78 is 36.4. The zero-order chi connectivity index (χ0) is 13.6. The van der Waals surface area contributed by atoms with Gasteiger partial charge in [0, 0.05) is 11.8 Å². The Hall–Kier alpha value is 0.100. The van der Waals surface area contributed by atoms with Gasteiger partial charge in [-0.05, 0) is 44.1 Å². The first-order chi connectivity index (χ1) is 8.46. The molecule has 1 nitrogen and oxygen atoms in total. The van der Waals surface area contributed by atoms with Crippen LogP contribution in [-0.4, -0.2) is 23.8 Å². The van der Waals surface area contributed by atoms with Crippen molar-refractivity contribution in [2.75, 3.05) is 12.3 Å². The van der Waals surface area contributed by atoms with Crippen LogP contribution in [0.5, 0.6) is 0 Å². The number of halogens is 3. The van der Waals surface area contributed by atoms with E-state index in [1.165, 1.54) is 6.42 Å². The van der Waals surface area contributed by atoms with Crippen LogP contribution in [0.3, 0.4) is 0 Å². The van der Waals surface area contributed by atoms with Crippen molar-refractivity contribution in [3.63, 3.8) is 0 Å². The van der Waals surface area contributed by atoms with Gasteiger partial charge in [-0.2, -0.15) is 13.2 Å². The number of hydrogen-bond donors (Lipinski definition) is 1. The molecule has 3 atom stereocenters. The minimum absolute atomic E-state index is 0.128. The summed E-state index contributed by atoms with van der Waals surface area (Å²) in [6.45, 7) is 5.15. The molecule has 0 amide bonds. The molecule has 0 spiro atoms. The molecule has 0 aromatic heterocycles. The van der Waals surface area contributed by atoms with E-state index in [2.05, 4.69) is 19.2 Å². The van der Waals surface area contributed by atoms with Crippen LogP contribution >= 0.6 is 11.8 Å². The predicted octanol–water partition coefficient (Wildman–Crippen LogP) is 4.43. The fraction of sp³-hybridized carbons (Fsp3) is 1.00. The third kappa shape index (κ3) is 5.83. The van der Waals surface area contributed by atoms with Gasteiger partial charge in [-0.15, -0.1) is 0 Å². The molecule has 0 aliphatic heterocycles. The topological polar surface area (TPSA) is 12.0 Å². The van der Waals surface area contributed by atoms with Gasteiger partial charge in [0.2, 0.25) is 0 Å². The quantitative estimate of drug-likeness (QED) is 0.773. The van der Waals surface area contributed by atoms with Gasteiger partial charge >= 0.3 is 5.51 Å². The van der Waals surface area contributed by atoms with Crippen LogP contribution in [0.1, 0.15) is 46.0 Å². The fourth-order valence-corrected chi connectivity index (χ4v) is 3.56. The molecule has 1 rings (SSSR count). The summed E-state index contributed by atoms with van der Waals surface area (Å²) in [6, 6.07) is 0.423. The summed E-state index contributed by atoms with van der Waals surface area (Å²) in [5, 5.41) is 3.44. The summed E-state index contributed by atoms with van der Waals surface area (Å²) in [6.07, 6.45) is 5.26. The van der Waals surface area contributed by atoms with E-state index in [-0.39, 0.29) is 17.5 Å². The monoisotopic (exact) mass is 283 g/mol. The van der Waals surface area contributed by atoms with Crippen molar-refractivity contribution in [3.8, 4) is 0 Å². The maximum atomic E-state index is 12.1. The minimum Gasteiger partial charge on any atom is -0.314 e. The molecule has 5 heteroatoms. The Kier molecular flexibility index (Phi) is 6.85. The number of thioether (sulfide) groups is 1. The Morgan fingerprint density at radius 3 is 2.50 bits per heavy atom. The number of alkyl halides is 3. The van der Waals surface area contributed by atoms with Crippen LogP contribution in [0.4, 0.5) is 13.2 Å². The molecule has 0 aromatic rings. The van der Waals surface area contributed by atoms with Crippen LogP contribution < -0.4 is 5.32 Å². The number of rotatable bonds is 6. The highest BCUT2D eigenvalue weighted by Gasteiger charge is 2.32. The fourth-order valence-electron chi connectivity index (χ4n) is 2.91. The summed E-state index contributed by atoms with van der Waals surface area (Å²) in [4.78, 5) is 0. The van der Waals surface area contributed by atoms with Crippen LogP contribution in [0.25, 0.3) is 0 Å². The van der Waals surface area contributed by atoms with Crippen molar-refractivity contribution in [2.45, 2.75) is 57.5 Å². The maximum absolute atomic E-state index is 12.1. The minimum atomic E-state index is -4.08. The lowest BCUT2D eigenvalue weighted by Crippen LogP contribution is -2.40. The molecule has 1 N–H and O–H groups in total. The molecule has 0 aromatic carbocycles. The van der Waals surface area contributed by atoms with Crippen LogP contribution in [-0.2, 0) is 0 Å². The van der Waals surface area contributed by atoms with Gasteiger partial charge in [-0.3, -0.25) is 0 Å². The molecule has 0 radical (unpaired) electrons. The third-order valence-electron chi connectivity index (χ3n) is 3.89. The molecular weight excluding hydrogens is 259 g/mol. The highest BCUT2D eigenvalue weighted by atomic mass is 32.2. The second-order valence-electron chi connectivity index (χ2n) is 5.09. The SMILES string of the molecule is CCNC1CCC(CC)CC1CCSC(F)(F)F.